The lowest BCUT2D eigenvalue weighted by atomic mass is 10.2. The number of β-amino-alcohol motifs (C(OH)–C–C–N with tert-alkyl or cyclic N) is 1. The number of carbonyl (C=O) groups excluding carboxylic acids is 1. The van der Waals surface area contributed by atoms with Gasteiger partial charge >= 0.3 is 0 Å². The first-order valence-corrected chi connectivity index (χ1v) is 7.71. The number of aliphatic hydroxyl groups is 1. The van der Waals surface area contributed by atoms with Crippen LogP contribution in [0.5, 0.6) is 0 Å². The fraction of sp³-hybridized carbons (Fsp3) is 0.500. The van der Waals surface area contributed by atoms with Gasteiger partial charge in [-0.1, -0.05) is 13.8 Å². The monoisotopic (exact) mass is 299 g/mol. The summed E-state index contributed by atoms with van der Waals surface area (Å²) >= 11 is 0. The Bertz CT molecular complexity index is 615. The summed E-state index contributed by atoms with van der Waals surface area (Å²) < 4.78 is 25.0. The Morgan fingerprint density at radius 2 is 2.15 bits per heavy atom. The summed E-state index contributed by atoms with van der Waals surface area (Å²) in [6.07, 6.45) is 0.356. The molecule has 2 N–H and O–H groups in total. The molecule has 1 aromatic heterocycles. The van der Waals surface area contributed by atoms with Crippen LogP contribution in [0.1, 0.15) is 24.2 Å². The molecule has 1 aliphatic rings. The lowest BCUT2D eigenvalue weighted by Crippen LogP contribution is -2.42. The Balaban J connectivity index is 2.17. The van der Waals surface area contributed by atoms with Crippen LogP contribution in [0.2, 0.25) is 0 Å². The highest BCUT2D eigenvalue weighted by molar-refractivity contribution is 7.90. The lowest BCUT2D eigenvalue weighted by Gasteiger charge is -2.20. The Kier molecular flexibility index (Phi) is 4.07. The Morgan fingerprint density at radius 3 is 2.75 bits per heavy atom. The number of hydrogen-bond donors (Lipinski definition) is 2. The molecular weight excluding hydrogens is 282 g/mol. The van der Waals surface area contributed by atoms with Gasteiger partial charge in [0.1, 0.15) is 0 Å². The topological polar surface area (TPSA) is 99.6 Å². The molecule has 0 saturated carbocycles. The smallest absolute Gasteiger partial charge is 0.285 e. The zero-order valence-electron chi connectivity index (χ0n) is 11.3. The second kappa shape index (κ2) is 5.47. The van der Waals surface area contributed by atoms with Gasteiger partial charge in [-0.05, 0) is 12.1 Å². The Morgan fingerprint density at radius 1 is 1.45 bits per heavy atom. The number of rotatable bonds is 5. The molecule has 0 spiro atoms. The third-order valence-electron chi connectivity index (χ3n) is 2.90. The molecule has 0 bridgehead atoms. The van der Waals surface area contributed by atoms with E-state index in [1.54, 1.807) is 0 Å². The minimum absolute atomic E-state index is 0.0523. The molecule has 0 aliphatic carbocycles. The van der Waals surface area contributed by atoms with Gasteiger partial charge in [-0.15, -0.1) is 0 Å². The van der Waals surface area contributed by atoms with Crippen molar-refractivity contribution in [3.63, 3.8) is 0 Å². The molecule has 1 aliphatic heterocycles. The van der Waals surface area contributed by atoms with Gasteiger partial charge in [0.15, 0.2) is 5.03 Å². The van der Waals surface area contributed by atoms with Gasteiger partial charge in [-0.25, -0.2) is 9.29 Å². The molecule has 2 heterocycles. The molecule has 0 aromatic carbocycles. The summed E-state index contributed by atoms with van der Waals surface area (Å²) in [5, 5.41) is 12.6. The predicted octanol–water partition coefficient (Wildman–Crippen LogP) is -0.415. The van der Waals surface area contributed by atoms with Gasteiger partial charge < -0.3 is 10.4 Å². The van der Waals surface area contributed by atoms with Crippen LogP contribution in [0.15, 0.2) is 23.4 Å². The zero-order chi connectivity index (χ0) is 14.9. The molecule has 0 saturated heterocycles. The number of sulfonamides is 1. The first-order chi connectivity index (χ1) is 9.34. The van der Waals surface area contributed by atoms with Gasteiger partial charge in [0, 0.05) is 18.8 Å². The second-order valence-electron chi connectivity index (χ2n) is 4.91. The third kappa shape index (κ3) is 2.67. The first kappa shape index (κ1) is 14.9. The largest absolute Gasteiger partial charge is 0.390 e. The number of fused-ring (bicyclic) bond motifs is 1. The third-order valence-corrected chi connectivity index (χ3v) is 4.61. The van der Waals surface area contributed by atoms with Crippen molar-refractivity contribution in [1.82, 2.24) is 14.6 Å². The van der Waals surface area contributed by atoms with E-state index in [-0.39, 0.29) is 29.7 Å². The second-order valence-corrected chi connectivity index (χ2v) is 6.69. The van der Waals surface area contributed by atoms with Crippen molar-refractivity contribution in [3.05, 3.63) is 23.9 Å². The molecule has 1 aromatic rings. The SMILES string of the molecule is CC(C)NCC(O)CN1C(=O)c2cccnc2S1(=O)=O. The molecule has 7 nitrogen and oxygen atoms in total. The summed E-state index contributed by atoms with van der Waals surface area (Å²) in [5.74, 6) is -0.642. The number of amides is 1. The van der Waals surface area contributed by atoms with Crippen LogP contribution in [0.25, 0.3) is 0 Å². The van der Waals surface area contributed by atoms with Crippen molar-refractivity contribution >= 4 is 15.9 Å². The summed E-state index contributed by atoms with van der Waals surface area (Å²) in [6, 6.07) is 3.09. The number of pyridine rings is 1. The first-order valence-electron chi connectivity index (χ1n) is 6.27. The van der Waals surface area contributed by atoms with Crippen molar-refractivity contribution in [3.8, 4) is 0 Å². The number of nitrogens with one attached hydrogen (secondary N) is 1. The van der Waals surface area contributed by atoms with Crippen molar-refractivity contribution in [2.75, 3.05) is 13.1 Å². The molecule has 8 heteroatoms. The highest BCUT2D eigenvalue weighted by Crippen LogP contribution is 2.27. The average Bonchev–Trinajstić information content (AvgIpc) is 2.58. The number of aromatic nitrogens is 1. The standard InChI is InChI=1S/C12H17N3O4S/c1-8(2)14-6-9(16)7-15-12(17)10-4-3-5-13-11(10)20(15,18)19/h3-5,8-9,14,16H,6-7H2,1-2H3. The number of nitrogens with zero attached hydrogens (tertiary/aromatic N) is 2. The van der Waals surface area contributed by atoms with Crippen LogP contribution in [0.4, 0.5) is 0 Å². The number of aliphatic hydroxyl groups excluding tert-OH is 1. The van der Waals surface area contributed by atoms with E-state index in [9.17, 15) is 18.3 Å². The van der Waals surface area contributed by atoms with Gasteiger partial charge in [0.25, 0.3) is 15.9 Å². The Hall–Kier alpha value is -1.51. The molecule has 1 amide bonds. The fourth-order valence-corrected chi connectivity index (χ4v) is 3.44. The Labute approximate surface area is 117 Å². The summed E-state index contributed by atoms with van der Waals surface area (Å²) in [6.45, 7) is 3.74. The summed E-state index contributed by atoms with van der Waals surface area (Å²) in [7, 11) is -3.94. The molecular formula is C12H17N3O4S. The van der Waals surface area contributed by atoms with Gasteiger partial charge in [-0.3, -0.25) is 4.79 Å². The number of carbonyl (C=O) groups is 1. The van der Waals surface area contributed by atoms with Gasteiger partial charge in [-0.2, -0.15) is 8.42 Å². The van der Waals surface area contributed by atoms with E-state index in [0.717, 1.165) is 0 Å². The van der Waals surface area contributed by atoms with E-state index in [4.69, 9.17) is 0 Å². The van der Waals surface area contributed by atoms with Crippen molar-refractivity contribution < 1.29 is 18.3 Å². The molecule has 0 radical (unpaired) electrons. The normalized spacial score (nSPS) is 18.4. The van der Waals surface area contributed by atoms with Crippen LogP contribution in [0, 0.1) is 0 Å². The maximum atomic E-state index is 12.2. The molecule has 110 valence electrons. The summed E-state index contributed by atoms with van der Waals surface area (Å²) in [4.78, 5) is 15.8. The van der Waals surface area contributed by atoms with E-state index < -0.39 is 22.0 Å². The highest BCUT2D eigenvalue weighted by atomic mass is 32.2. The number of hydrogen-bond acceptors (Lipinski definition) is 6. The van der Waals surface area contributed by atoms with Gasteiger partial charge in [0.05, 0.1) is 18.2 Å². The molecule has 1 unspecified atom stereocenters. The molecule has 0 fully saturated rings. The van der Waals surface area contributed by atoms with E-state index in [2.05, 4.69) is 10.3 Å². The predicted molar refractivity (Wildman–Crippen MR) is 71.6 cm³/mol. The van der Waals surface area contributed by atoms with Crippen LogP contribution in [-0.2, 0) is 10.0 Å². The minimum atomic E-state index is -3.94. The van der Waals surface area contributed by atoms with Crippen LogP contribution >= 0.6 is 0 Å². The van der Waals surface area contributed by atoms with E-state index in [0.29, 0.717) is 4.31 Å². The maximum Gasteiger partial charge on any atom is 0.285 e. The van der Waals surface area contributed by atoms with E-state index >= 15 is 0 Å². The van der Waals surface area contributed by atoms with E-state index in [1.165, 1.54) is 18.3 Å². The maximum absolute atomic E-state index is 12.2. The van der Waals surface area contributed by atoms with E-state index in [1.807, 2.05) is 13.8 Å². The average molecular weight is 299 g/mol. The zero-order valence-corrected chi connectivity index (χ0v) is 12.1. The fourth-order valence-electron chi connectivity index (χ4n) is 1.92. The quantitative estimate of drug-likeness (QED) is 0.766. The molecule has 1 atom stereocenters. The minimum Gasteiger partial charge on any atom is -0.390 e. The lowest BCUT2D eigenvalue weighted by molar-refractivity contribution is 0.0790. The highest BCUT2D eigenvalue weighted by Gasteiger charge is 2.42. The molecule has 20 heavy (non-hydrogen) atoms. The van der Waals surface area contributed by atoms with Crippen LogP contribution < -0.4 is 5.32 Å². The molecule has 2 rings (SSSR count). The van der Waals surface area contributed by atoms with Crippen molar-refractivity contribution in [2.45, 2.75) is 31.0 Å². The van der Waals surface area contributed by atoms with Crippen LogP contribution in [-0.4, -0.2) is 54.0 Å². The van der Waals surface area contributed by atoms with Gasteiger partial charge in [0.2, 0.25) is 0 Å². The van der Waals surface area contributed by atoms with Crippen molar-refractivity contribution in [2.24, 2.45) is 0 Å². The van der Waals surface area contributed by atoms with Crippen LogP contribution in [0.3, 0.4) is 0 Å². The van der Waals surface area contributed by atoms with Crippen molar-refractivity contribution in [1.29, 1.82) is 0 Å². The summed E-state index contributed by atoms with van der Waals surface area (Å²) in [5.41, 5.74) is 0.0523.